The Balaban J connectivity index is 1.30. The largest absolute Gasteiger partial charge is 0.335 e. The predicted octanol–water partition coefficient (Wildman–Crippen LogP) is 4.42. The molecule has 0 unspecified atom stereocenters. The van der Waals surface area contributed by atoms with Crippen molar-refractivity contribution in [1.82, 2.24) is 14.2 Å². The molecule has 4 aromatic rings. The molecule has 0 N–H and O–H groups in total. The molecular weight excluding hydrogens is 454 g/mol. The molecule has 5 rings (SSSR count). The predicted molar refractivity (Wildman–Crippen MR) is 131 cm³/mol. The van der Waals surface area contributed by atoms with E-state index in [0.29, 0.717) is 23.7 Å². The summed E-state index contributed by atoms with van der Waals surface area (Å²) in [5, 5.41) is 2.71. The molecule has 0 atom stereocenters. The van der Waals surface area contributed by atoms with Crippen LogP contribution < -0.4 is 0 Å². The lowest BCUT2D eigenvalue weighted by atomic mass is 10.1. The summed E-state index contributed by atoms with van der Waals surface area (Å²) in [5.41, 5.74) is 1.69. The molecule has 168 valence electrons. The molecule has 0 saturated carbocycles. The molecule has 1 aliphatic rings. The van der Waals surface area contributed by atoms with Crippen LogP contribution in [-0.2, 0) is 10.0 Å². The molecule has 0 radical (unpaired) electrons. The third kappa shape index (κ3) is 4.17. The van der Waals surface area contributed by atoms with E-state index in [9.17, 15) is 13.2 Å². The van der Waals surface area contributed by atoms with E-state index in [1.165, 1.54) is 15.6 Å². The number of piperazine rings is 1. The molecule has 1 aromatic heterocycles. The number of fused-ring (bicyclic) bond motifs is 1. The van der Waals surface area contributed by atoms with Crippen LogP contribution in [0, 0.1) is 6.92 Å². The number of hydrogen-bond acceptors (Lipinski definition) is 5. The van der Waals surface area contributed by atoms with Crippen molar-refractivity contribution >= 4 is 38.0 Å². The van der Waals surface area contributed by atoms with Gasteiger partial charge < -0.3 is 4.90 Å². The Hall–Kier alpha value is -3.07. The van der Waals surface area contributed by atoms with E-state index >= 15 is 0 Å². The number of carbonyl (C=O) groups is 1. The highest BCUT2D eigenvalue weighted by molar-refractivity contribution is 7.89. The molecule has 0 spiro atoms. The quantitative estimate of drug-likeness (QED) is 0.436. The number of carbonyl (C=O) groups excluding carboxylic acids is 1. The molecule has 6 nitrogen and oxygen atoms in total. The van der Waals surface area contributed by atoms with Gasteiger partial charge in [-0.05, 0) is 29.8 Å². The maximum atomic E-state index is 13.2. The Kier molecular flexibility index (Phi) is 5.74. The average Bonchev–Trinajstić information content (AvgIpc) is 3.25. The van der Waals surface area contributed by atoms with Crippen LogP contribution in [0.3, 0.4) is 0 Å². The lowest BCUT2D eigenvalue weighted by Gasteiger charge is -2.33. The normalized spacial score (nSPS) is 15.1. The number of benzene rings is 3. The fraction of sp³-hybridized carbons (Fsp3) is 0.200. The minimum absolute atomic E-state index is 0.0880. The van der Waals surface area contributed by atoms with Crippen LogP contribution in [0.4, 0.5) is 0 Å². The van der Waals surface area contributed by atoms with E-state index in [2.05, 4.69) is 4.98 Å². The molecule has 1 saturated heterocycles. The Morgan fingerprint density at radius 2 is 1.55 bits per heavy atom. The number of thiazole rings is 1. The van der Waals surface area contributed by atoms with Gasteiger partial charge in [-0.25, -0.2) is 13.4 Å². The van der Waals surface area contributed by atoms with Crippen LogP contribution in [-0.4, -0.2) is 54.7 Å². The first kappa shape index (κ1) is 21.8. The second-order valence-electron chi connectivity index (χ2n) is 8.00. The van der Waals surface area contributed by atoms with E-state index in [0.717, 1.165) is 21.3 Å². The van der Waals surface area contributed by atoms with E-state index in [4.69, 9.17) is 0 Å². The molecule has 1 amide bonds. The van der Waals surface area contributed by atoms with Crippen molar-refractivity contribution in [3.8, 4) is 10.6 Å². The molecule has 1 aliphatic heterocycles. The highest BCUT2D eigenvalue weighted by atomic mass is 32.2. The van der Waals surface area contributed by atoms with Gasteiger partial charge in [-0.3, -0.25) is 4.79 Å². The molecule has 2 heterocycles. The molecular formula is C25H23N3O3S2. The maximum Gasteiger partial charge on any atom is 0.265 e. The molecule has 0 bridgehead atoms. The fourth-order valence-electron chi connectivity index (χ4n) is 4.05. The monoisotopic (exact) mass is 477 g/mol. The highest BCUT2D eigenvalue weighted by Crippen LogP contribution is 2.29. The maximum absolute atomic E-state index is 13.2. The van der Waals surface area contributed by atoms with Gasteiger partial charge in [0.05, 0.1) is 10.6 Å². The molecule has 8 heteroatoms. The van der Waals surface area contributed by atoms with Gasteiger partial charge >= 0.3 is 0 Å². The zero-order valence-corrected chi connectivity index (χ0v) is 19.8. The average molecular weight is 478 g/mol. The number of amides is 1. The van der Waals surface area contributed by atoms with E-state index in [1.807, 2.05) is 67.6 Å². The first-order valence-electron chi connectivity index (χ1n) is 10.7. The van der Waals surface area contributed by atoms with Gasteiger partial charge in [-0.2, -0.15) is 4.31 Å². The van der Waals surface area contributed by atoms with Gasteiger partial charge in [-0.15, -0.1) is 11.3 Å². The number of aromatic nitrogens is 1. The summed E-state index contributed by atoms with van der Waals surface area (Å²) in [6.45, 7) is 3.08. The lowest BCUT2D eigenvalue weighted by molar-refractivity contribution is 0.0702. The molecule has 33 heavy (non-hydrogen) atoms. The smallest absolute Gasteiger partial charge is 0.265 e. The summed E-state index contributed by atoms with van der Waals surface area (Å²) in [4.78, 5) is 20.4. The summed E-state index contributed by atoms with van der Waals surface area (Å²) < 4.78 is 27.9. The lowest BCUT2D eigenvalue weighted by Crippen LogP contribution is -2.50. The highest BCUT2D eigenvalue weighted by Gasteiger charge is 2.31. The number of aryl methyl sites for hydroxylation is 1. The third-order valence-corrected chi connectivity index (χ3v) is 8.99. The molecule has 0 aliphatic carbocycles. The zero-order chi connectivity index (χ0) is 23.0. The van der Waals surface area contributed by atoms with Crippen molar-refractivity contribution in [3.63, 3.8) is 0 Å². The summed E-state index contributed by atoms with van der Waals surface area (Å²) >= 11 is 1.38. The van der Waals surface area contributed by atoms with Gasteiger partial charge in [0.1, 0.15) is 9.88 Å². The third-order valence-electron chi connectivity index (χ3n) is 5.90. The van der Waals surface area contributed by atoms with Crippen LogP contribution in [0.2, 0.25) is 0 Å². The summed E-state index contributed by atoms with van der Waals surface area (Å²) in [6.07, 6.45) is 0. The van der Waals surface area contributed by atoms with Gasteiger partial charge in [0, 0.05) is 31.7 Å². The second-order valence-corrected chi connectivity index (χ2v) is 10.9. The summed E-state index contributed by atoms with van der Waals surface area (Å²) in [7, 11) is -3.62. The number of rotatable bonds is 4. The SMILES string of the molecule is Cc1nc(-c2ccccc2)sc1C(=O)N1CCN(S(=O)(=O)c2ccc3ccccc3c2)CC1. The van der Waals surface area contributed by atoms with Crippen molar-refractivity contribution in [3.05, 3.63) is 83.4 Å². The van der Waals surface area contributed by atoms with E-state index in [1.54, 1.807) is 17.0 Å². The first-order valence-corrected chi connectivity index (χ1v) is 13.0. The molecule has 3 aromatic carbocycles. The summed E-state index contributed by atoms with van der Waals surface area (Å²) in [6, 6.07) is 22.7. The van der Waals surface area contributed by atoms with Crippen LogP contribution in [0.1, 0.15) is 15.4 Å². The topological polar surface area (TPSA) is 70.6 Å². The Bertz CT molecular complexity index is 1420. The molecule has 1 fully saturated rings. The summed E-state index contributed by atoms with van der Waals surface area (Å²) in [5.74, 6) is -0.0880. The second kappa shape index (κ2) is 8.70. The van der Waals surface area contributed by atoms with Crippen molar-refractivity contribution in [2.45, 2.75) is 11.8 Å². The zero-order valence-electron chi connectivity index (χ0n) is 18.1. The van der Waals surface area contributed by atoms with Gasteiger partial charge in [0.25, 0.3) is 5.91 Å². The van der Waals surface area contributed by atoms with Crippen LogP contribution in [0.15, 0.2) is 77.7 Å². The standard InChI is InChI=1S/C25H23N3O3S2/c1-18-23(32-24(26-18)20-8-3-2-4-9-20)25(29)27-13-15-28(16-14-27)33(30,31)22-12-11-19-7-5-6-10-21(19)17-22/h2-12,17H,13-16H2,1H3. The minimum atomic E-state index is -3.62. The van der Waals surface area contributed by atoms with Crippen molar-refractivity contribution in [1.29, 1.82) is 0 Å². The van der Waals surface area contributed by atoms with Gasteiger partial charge in [0.2, 0.25) is 10.0 Å². The van der Waals surface area contributed by atoms with Crippen molar-refractivity contribution in [2.75, 3.05) is 26.2 Å². The Morgan fingerprint density at radius 1 is 0.879 bits per heavy atom. The van der Waals surface area contributed by atoms with Crippen LogP contribution in [0.5, 0.6) is 0 Å². The van der Waals surface area contributed by atoms with Gasteiger partial charge in [-0.1, -0.05) is 60.7 Å². The minimum Gasteiger partial charge on any atom is -0.335 e. The van der Waals surface area contributed by atoms with E-state index in [-0.39, 0.29) is 23.9 Å². The van der Waals surface area contributed by atoms with Crippen LogP contribution >= 0.6 is 11.3 Å². The number of sulfonamides is 1. The number of nitrogens with zero attached hydrogens (tertiary/aromatic N) is 3. The number of hydrogen-bond donors (Lipinski definition) is 0. The van der Waals surface area contributed by atoms with Gasteiger partial charge in [0.15, 0.2) is 0 Å². The van der Waals surface area contributed by atoms with Crippen LogP contribution in [0.25, 0.3) is 21.3 Å². The Morgan fingerprint density at radius 3 is 2.27 bits per heavy atom. The fourth-order valence-corrected chi connectivity index (χ4v) is 6.55. The van der Waals surface area contributed by atoms with E-state index < -0.39 is 10.0 Å². The first-order chi connectivity index (χ1) is 15.9. The van der Waals surface area contributed by atoms with Crippen molar-refractivity contribution in [2.24, 2.45) is 0 Å². The Labute approximate surface area is 197 Å². The van der Waals surface area contributed by atoms with Crippen molar-refractivity contribution < 1.29 is 13.2 Å².